The Morgan fingerprint density at radius 1 is 1.21 bits per heavy atom. The van der Waals surface area contributed by atoms with Gasteiger partial charge in [-0.05, 0) is 24.6 Å². The Bertz CT molecular complexity index is 662. The number of nitrogens with zero attached hydrogens (tertiary/aromatic N) is 3. The molecule has 7 nitrogen and oxygen atoms in total. The lowest BCUT2D eigenvalue weighted by Gasteiger charge is -2.10. The zero-order valence-corrected chi connectivity index (χ0v) is 15.6. The Morgan fingerprint density at radius 2 is 1.96 bits per heavy atom. The van der Waals surface area contributed by atoms with Crippen molar-refractivity contribution in [1.82, 2.24) is 15.6 Å². The second-order valence-electron chi connectivity index (χ2n) is 4.79. The van der Waals surface area contributed by atoms with Crippen LogP contribution in [0.5, 0.6) is 0 Å². The number of hydrogen-bond donors (Lipinski definition) is 2. The molecule has 8 heteroatoms. The fraction of sp³-hybridized carbons (Fsp3) is 0.250. The molecule has 0 atom stereocenters. The monoisotopic (exact) mass is 441 g/mol. The summed E-state index contributed by atoms with van der Waals surface area (Å²) in [4.78, 5) is 18.9. The third kappa shape index (κ3) is 6.49. The largest absolute Gasteiger partial charge is 0.357 e. The van der Waals surface area contributed by atoms with E-state index in [0.29, 0.717) is 19.0 Å². The molecule has 0 aliphatic rings. The summed E-state index contributed by atoms with van der Waals surface area (Å²) in [6.07, 6.45) is 1.75. The first kappa shape index (κ1) is 19.8. The average Bonchev–Trinajstić information content (AvgIpc) is 2.58. The van der Waals surface area contributed by atoms with E-state index in [1.54, 1.807) is 18.3 Å². The van der Waals surface area contributed by atoms with Crippen LogP contribution in [0.15, 0.2) is 53.7 Å². The molecule has 1 aromatic carbocycles. The highest BCUT2D eigenvalue weighted by atomic mass is 127. The van der Waals surface area contributed by atoms with Crippen molar-refractivity contribution in [2.75, 3.05) is 6.54 Å². The van der Waals surface area contributed by atoms with E-state index in [-0.39, 0.29) is 29.7 Å². The van der Waals surface area contributed by atoms with Crippen molar-refractivity contribution in [3.63, 3.8) is 0 Å². The summed E-state index contributed by atoms with van der Waals surface area (Å²) in [7, 11) is 0. The Labute approximate surface area is 157 Å². The standard InChI is InChI=1S/C16H19N5O2.HI/c1-2-17-16(20-12-14-5-3-4-10-18-14)19-11-13-6-8-15(9-7-13)21(22)23;/h3-10H,2,11-12H2,1H3,(H2,17,19,20);1H. The number of benzene rings is 1. The maximum absolute atomic E-state index is 10.6. The zero-order valence-electron chi connectivity index (χ0n) is 13.3. The van der Waals surface area contributed by atoms with Gasteiger partial charge in [0.1, 0.15) is 0 Å². The van der Waals surface area contributed by atoms with Gasteiger partial charge in [0.2, 0.25) is 0 Å². The smallest absolute Gasteiger partial charge is 0.269 e. The van der Waals surface area contributed by atoms with E-state index in [1.807, 2.05) is 25.1 Å². The van der Waals surface area contributed by atoms with Gasteiger partial charge < -0.3 is 10.6 Å². The van der Waals surface area contributed by atoms with Crippen LogP contribution < -0.4 is 10.6 Å². The van der Waals surface area contributed by atoms with E-state index in [2.05, 4.69) is 20.6 Å². The number of non-ortho nitro benzene ring substituents is 1. The normalized spacial score (nSPS) is 10.6. The molecule has 2 rings (SSSR count). The van der Waals surface area contributed by atoms with Crippen LogP contribution in [-0.4, -0.2) is 22.4 Å². The highest BCUT2D eigenvalue weighted by Crippen LogP contribution is 2.12. The first-order valence-corrected chi connectivity index (χ1v) is 7.34. The average molecular weight is 441 g/mol. The van der Waals surface area contributed by atoms with E-state index < -0.39 is 4.92 Å². The molecule has 0 saturated heterocycles. The number of guanidine groups is 1. The van der Waals surface area contributed by atoms with Crippen molar-refractivity contribution in [2.45, 2.75) is 20.0 Å². The molecule has 128 valence electrons. The molecule has 0 fully saturated rings. The fourth-order valence-electron chi connectivity index (χ4n) is 1.91. The van der Waals surface area contributed by atoms with Crippen LogP contribution in [0.3, 0.4) is 0 Å². The molecule has 24 heavy (non-hydrogen) atoms. The number of aliphatic imine (C=N–C) groups is 1. The lowest BCUT2D eigenvalue weighted by molar-refractivity contribution is -0.384. The van der Waals surface area contributed by atoms with Crippen molar-refractivity contribution in [2.24, 2.45) is 4.99 Å². The number of hydrogen-bond acceptors (Lipinski definition) is 4. The Kier molecular flexibility index (Phi) is 8.69. The molecule has 0 spiro atoms. The van der Waals surface area contributed by atoms with Crippen LogP contribution in [0.25, 0.3) is 0 Å². The number of nitro groups is 1. The number of aromatic nitrogens is 1. The van der Waals surface area contributed by atoms with E-state index in [1.165, 1.54) is 12.1 Å². The maximum atomic E-state index is 10.6. The lowest BCUT2D eigenvalue weighted by Crippen LogP contribution is -2.36. The minimum Gasteiger partial charge on any atom is -0.357 e. The van der Waals surface area contributed by atoms with E-state index in [9.17, 15) is 10.1 Å². The highest BCUT2D eigenvalue weighted by Gasteiger charge is 2.04. The van der Waals surface area contributed by atoms with Gasteiger partial charge in [-0.3, -0.25) is 15.1 Å². The van der Waals surface area contributed by atoms with Crippen molar-refractivity contribution in [3.05, 3.63) is 70.0 Å². The van der Waals surface area contributed by atoms with E-state index in [0.717, 1.165) is 17.8 Å². The van der Waals surface area contributed by atoms with Crippen molar-refractivity contribution in [1.29, 1.82) is 0 Å². The molecule has 0 aliphatic carbocycles. The predicted molar refractivity (Wildman–Crippen MR) is 104 cm³/mol. The lowest BCUT2D eigenvalue weighted by atomic mass is 10.2. The van der Waals surface area contributed by atoms with Crippen molar-refractivity contribution < 1.29 is 4.92 Å². The zero-order chi connectivity index (χ0) is 16.5. The molecule has 0 amide bonds. The van der Waals surface area contributed by atoms with Gasteiger partial charge in [-0.1, -0.05) is 18.2 Å². The van der Waals surface area contributed by atoms with Gasteiger partial charge in [0.05, 0.1) is 23.7 Å². The van der Waals surface area contributed by atoms with Crippen molar-refractivity contribution >= 4 is 35.6 Å². The van der Waals surface area contributed by atoms with Gasteiger partial charge in [-0.15, -0.1) is 24.0 Å². The molecular formula is C16H20IN5O2. The van der Waals surface area contributed by atoms with Crippen LogP contribution in [-0.2, 0) is 13.1 Å². The summed E-state index contributed by atoms with van der Waals surface area (Å²) in [5, 5.41) is 17.0. The van der Waals surface area contributed by atoms with Crippen LogP contribution >= 0.6 is 24.0 Å². The van der Waals surface area contributed by atoms with Gasteiger partial charge >= 0.3 is 0 Å². The van der Waals surface area contributed by atoms with Crippen LogP contribution in [0, 0.1) is 10.1 Å². The number of nitrogens with one attached hydrogen (secondary N) is 2. The highest BCUT2D eigenvalue weighted by molar-refractivity contribution is 14.0. The summed E-state index contributed by atoms with van der Waals surface area (Å²) in [6.45, 7) is 3.75. The Hall–Kier alpha value is -2.23. The van der Waals surface area contributed by atoms with Crippen LogP contribution in [0.1, 0.15) is 18.2 Å². The summed E-state index contributed by atoms with van der Waals surface area (Å²) in [6, 6.07) is 12.1. The molecule has 0 unspecified atom stereocenters. The van der Waals surface area contributed by atoms with Crippen LogP contribution in [0.4, 0.5) is 5.69 Å². The number of halogens is 1. The third-order valence-corrected chi connectivity index (χ3v) is 3.07. The van der Waals surface area contributed by atoms with E-state index in [4.69, 9.17) is 0 Å². The van der Waals surface area contributed by atoms with Gasteiger partial charge in [0.25, 0.3) is 5.69 Å². The molecule has 0 saturated carbocycles. The topological polar surface area (TPSA) is 92.5 Å². The summed E-state index contributed by atoms with van der Waals surface area (Å²) in [5.41, 5.74) is 1.91. The molecule has 0 aliphatic heterocycles. The first-order valence-electron chi connectivity index (χ1n) is 7.34. The minimum absolute atomic E-state index is 0. The fourth-order valence-corrected chi connectivity index (χ4v) is 1.91. The van der Waals surface area contributed by atoms with Gasteiger partial charge in [0.15, 0.2) is 5.96 Å². The quantitative estimate of drug-likeness (QED) is 0.237. The molecule has 2 N–H and O–H groups in total. The SMILES string of the molecule is CCNC(=NCc1ccc([N+](=O)[O-])cc1)NCc1ccccn1.I. The minimum atomic E-state index is -0.411. The second kappa shape index (κ2) is 10.5. The Morgan fingerprint density at radius 3 is 2.54 bits per heavy atom. The van der Waals surface area contributed by atoms with Gasteiger partial charge in [-0.25, -0.2) is 4.99 Å². The molecule has 2 aromatic rings. The molecule has 1 aromatic heterocycles. The van der Waals surface area contributed by atoms with Gasteiger partial charge in [-0.2, -0.15) is 0 Å². The molecule has 0 bridgehead atoms. The first-order chi connectivity index (χ1) is 11.2. The second-order valence-corrected chi connectivity index (χ2v) is 4.79. The summed E-state index contributed by atoms with van der Waals surface area (Å²) < 4.78 is 0. The van der Waals surface area contributed by atoms with Crippen LogP contribution in [0.2, 0.25) is 0 Å². The number of nitro benzene ring substituents is 1. The third-order valence-electron chi connectivity index (χ3n) is 3.07. The molecular weight excluding hydrogens is 421 g/mol. The van der Waals surface area contributed by atoms with Crippen molar-refractivity contribution in [3.8, 4) is 0 Å². The predicted octanol–water partition coefficient (Wildman–Crippen LogP) is 2.86. The molecule has 1 heterocycles. The van der Waals surface area contributed by atoms with Gasteiger partial charge in [0, 0.05) is 24.9 Å². The number of pyridine rings is 1. The number of rotatable bonds is 6. The maximum Gasteiger partial charge on any atom is 0.269 e. The summed E-state index contributed by atoms with van der Waals surface area (Å²) in [5.74, 6) is 0.677. The summed E-state index contributed by atoms with van der Waals surface area (Å²) >= 11 is 0. The molecule has 0 radical (unpaired) electrons. The Balaban J connectivity index is 0.00000288. The van der Waals surface area contributed by atoms with E-state index >= 15 is 0 Å².